The van der Waals surface area contributed by atoms with Gasteiger partial charge in [0, 0.05) is 37.3 Å². The highest BCUT2D eigenvalue weighted by atomic mass is 19.4. The molecular formula is C27H30F3N3O4. The maximum Gasteiger partial charge on any atom is 0.416 e. The lowest BCUT2D eigenvalue weighted by molar-refractivity contribution is -0.137. The van der Waals surface area contributed by atoms with Gasteiger partial charge in [0.05, 0.1) is 12.7 Å². The van der Waals surface area contributed by atoms with Crippen molar-refractivity contribution in [2.24, 2.45) is 5.92 Å². The predicted octanol–water partition coefficient (Wildman–Crippen LogP) is 3.99. The summed E-state index contributed by atoms with van der Waals surface area (Å²) >= 11 is 0. The number of nitrogens with zero attached hydrogens (tertiary/aromatic N) is 2. The fourth-order valence-corrected chi connectivity index (χ4v) is 4.90. The average molecular weight is 518 g/mol. The molecule has 1 unspecified atom stereocenters. The largest absolute Gasteiger partial charge is 0.497 e. The van der Waals surface area contributed by atoms with Gasteiger partial charge < -0.3 is 19.9 Å². The molecule has 2 saturated heterocycles. The van der Waals surface area contributed by atoms with Crippen LogP contribution in [0.5, 0.6) is 5.75 Å². The van der Waals surface area contributed by atoms with Crippen LogP contribution < -0.4 is 10.1 Å². The van der Waals surface area contributed by atoms with Crippen LogP contribution in [0.25, 0.3) is 0 Å². The van der Waals surface area contributed by atoms with Crippen LogP contribution >= 0.6 is 0 Å². The second-order valence-electron chi connectivity index (χ2n) is 9.42. The molecule has 0 saturated carbocycles. The zero-order valence-corrected chi connectivity index (χ0v) is 20.6. The van der Waals surface area contributed by atoms with Gasteiger partial charge in [-0.2, -0.15) is 13.2 Å². The SMILES string of the molecule is COc1ccc(C(=O)NC(C(=O)N2CCCC2)C2CCN(C(=O)c3ccc(C(F)(F)F)cc3)CC2)cc1. The standard InChI is InChI=1S/C27H30F3N3O4/c1-37-22-10-6-19(7-11-22)24(34)31-23(26(36)32-14-2-3-15-32)18-12-16-33(17-13-18)25(35)20-4-8-21(9-5-20)27(28,29)30/h4-11,18,23H,2-3,12-17H2,1H3,(H,31,34). The molecule has 3 amide bonds. The van der Waals surface area contributed by atoms with Crippen molar-refractivity contribution in [1.29, 1.82) is 0 Å². The molecule has 10 heteroatoms. The maximum atomic E-state index is 13.4. The van der Waals surface area contributed by atoms with E-state index in [1.165, 1.54) is 19.2 Å². The summed E-state index contributed by atoms with van der Waals surface area (Å²) < 4.78 is 43.7. The van der Waals surface area contributed by atoms with Crippen molar-refractivity contribution in [1.82, 2.24) is 15.1 Å². The molecule has 7 nitrogen and oxygen atoms in total. The minimum absolute atomic E-state index is 0.119. The first-order valence-electron chi connectivity index (χ1n) is 12.4. The van der Waals surface area contributed by atoms with Crippen LogP contribution in [0.4, 0.5) is 13.2 Å². The predicted molar refractivity (Wildman–Crippen MR) is 130 cm³/mol. The number of benzene rings is 2. The van der Waals surface area contributed by atoms with Crippen molar-refractivity contribution < 1.29 is 32.3 Å². The van der Waals surface area contributed by atoms with E-state index in [9.17, 15) is 27.6 Å². The van der Waals surface area contributed by atoms with Crippen molar-refractivity contribution >= 4 is 17.7 Å². The third-order valence-electron chi connectivity index (χ3n) is 7.08. The molecule has 37 heavy (non-hydrogen) atoms. The number of hydrogen-bond acceptors (Lipinski definition) is 4. The molecule has 2 heterocycles. The normalized spacial score (nSPS) is 17.4. The van der Waals surface area contributed by atoms with E-state index in [1.54, 1.807) is 34.1 Å². The Kier molecular flexibility index (Phi) is 8.04. The third kappa shape index (κ3) is 6.23. The Morgan fingerprint density at radius 3 is 1.97 bits per heavy atom. The van der Waals surface area contributed by atoms with Crippen LogP contribution in [0.2, 0.25) is 0 Å². The fraction of sp³-hybridized carbons (Fsp3) is 0.444. The van der Waals surface area contributed by atoms with Crippen molar-refractivity contribution in [3.8, 4) is 5.75 Å². The third-order valence-corrected chi connectivity index (χ3v) is 7.08. The van der Waals surface area contributed by atoms with Gasteiger partial charge in [-0.25, -0.2) is 0 Å². The van der Waals surface area contributed by atoms with E-state index in [4.69, 9.17) is 4.74 Å². The van der Waals surface area contributed by atoms with Crippen LogP contribution in [-0.2, 0) is 11.0 Å². The average Bonchev–Trinajstić information content (AvgIpc) is 3.46. The summed E-state index contributed by atoms with van der Waals surface area (Å²) in [7, 11) is 1.54. The summed E-state index contributed by atoms with van der Waals surface area (Å²) in [6, 6.07) is 10.1. The molecule has 2 fully saturated rings. The van der Waals surface area contributed by atoms with Crippen LogP contribution in [0.3, 0.4) is 0 Å². The second-order valence-corrected chi connectivity index (χ2v) is 9.42. The lowest BCUT2D eigenvalue weighted by atomic mass is 9.88. The summed E-state index contributed by atoms with van der Waals surface area (Å²) in [5.41, 5.74) is -0.211. The second kappa shape index (κ2) is 11.2. The number of ether oxygens (including phenoxy) is 1. The number of rotatable bonds is 6. The zero-order chi connectivity index (χ0) is 26.6. The molecule has 4 rings (SSSR count). The Morgan fingerprint density at radius 2 is 1.43 bits per heavy atom. The fourth-order valence-electron chi connectivity index (χ4n) is 4.90. The van der Waals surface area contributed by atoms with Crippen LogP contribution in [0, 0.1) is 5.92 Å². The van der Waals surface area contributed by atoms with Crippen molar-refractivity contribution in [3.63, 3.8) is 0 Å². The molecule has 0 aromatic heterocycles. The number of methoxy groups -OCH3 is 1. The van der Waals surface area contributed by atoms with Crippen molar-refractivity contribution in [3.05, 3.63) is 65.2 Å². The van der Waals surface area contributed by atoms with Gasteiger partial charge in [0.25, 0.3) is 11.8 Å². The molecule has 2 aromatic rings. The highest BCUT2D eigenvalue weighted by molar-refractivity contribution is 5.98. The van der Waals surface area contributed by atoms with E-state index in [-0.39, 0.29) is 29.2 Å². The zero-order valence-electron chi connectivity index (χ0n) is 20.6. The monoisotopic (exact) mass is 517 g/mol. The van der Waals surface area contributed by atoms with E-state index in [0.29, 0.717) is 50.3 Å². The number of carbonyl (C=O) groups is 3. The van der Waals surface area contributed by atoms with Gasteiger partial charge in [0.1, 0.15) is 11.8 Å². The Morgan fingerprint density at radius 1 is 0.865 bits per heavy atom. The Balaban J connectivity index is 1.43. The lowest BCUT2D eigenvalue weighted by Crippen LogP contribution is -2.54. The van der Waals surface area contributed by atoms with E-state index >= 15 is 0 Å². The summed E-state index contributed by atoms with van der Waals surface area (Å²) in [6.07, 6.45) is -1.65. The maximum absolute atomic E-state index is 13.4. The van der Waals surface area contributed by atoms with Crippen LogP contribution in [0.1, 0.15) is 52.0 Å². The molecule has 0 radical (unpaired) electrons. The van der Waals surface area contributed by atoms with Crippen molar-refractivity contribution in [2.75, 3.05) is 33.3 Å². The summed E-state index contributed by atoms with van der Waals surface area (Å²) in [6.45, 7) is 1.98. The summed E-state index contributed by atoms with van der Waals surface area (Å²) in [4.78, 5) is 42.6. The molecule has 1 atom stereocenters. The van der Waals surface area contributed by atoms with E-state index in [1.807, 2.05) is 0 Å². The number of piperidine rings is 1. The first kappa shape index (κ1) is 26.5. The topological polar surface area (TPSA) is 79.0 Å². The van der Waals surface area contributed by atoms with Gasteiger partial charge >= 0.3 is 6.18 Å². The number of halogens is 3. The van der Waals surface area contributed by atoms with E-state index in [2.05, 4.69) is 5.32 Å². The van der Waals surface area contributed by atoms with Gasteiger partial charge in [-0.3, -0.25) is 14.4 Å². The molecule has 0 bridgehead atoms. The molecular weight excluding hydrogens is 487 g/mol. The summed E-state index contributed by atoms with van der Waals surface area (Å²) in [5, 5.41) is 2.93. The smallest absolute Gasteiger partial charge is 0.416 e. The van der Waals surface area contributed by atoms with Gasteiger partial charge in [-0.1, -0.05) is 0 Å². The highest BCUT2D eigenvalue weighted by Gasteiger charge is 2.37. The van der Waals surface area contributed by atoms with Gasteiger partial charge in [0.15, 0.2) is 0 Å². The number of likely N-dealkylation sites (tertiary alicyclic amines) is 2. The number of alkyl halides is 3. The molecule has 0 spiro atoms. The molecule has 2 aliphatic heterocycles. The number of hydrogen-bond donors (Lipinski definition) is 1. The van der Waals surface area contributed by atoms with Gasteiger partial charge in [-0.05, 0) is 80.1 Å². The minimum atomic E-state index is -4.47. The number of carbonyl (C=O) groups excluding carboxylic acids is 3. The highest BCUT2D eigenvalue weighted by Crippen LogP contribution is 2.30. The molecule has 2 aliphatic rings. The van der Waals surface area contributed by atoms with Gasteiger partial charge in [0.2, 0.25) is 5.91 Å². The van der Waals surface area contributed by atoms with E-state index in [0.717, 1.165) is 25.0 Å². The number of nitrogens with one attached hydrogen (secondary N) is 1. The Hall–Kier alpha value is -3.56. The van der Waals surface area contributed by atoms with Crippen molar-refractivity contribution in [2.45, 2.75) is 37.9 Å². The summed E-state index contributed by atoms with van der Waals surface area (Å²) in [5.74, 6) is -0.384. The van der Waals surface area contributed by atoms with E-state index < -0.39 is 17.8 Å². The Labute approximate surface area is 213 Å². The quantitative estimate of drug-likeness (QED) is 0.629. The van der Waals surface area contributed by atoms with Crippen LogP contribution in [-0.4, -0.2) is 66.9 Å². The molecule has 1 N–H and O–H groups in total. The van der Waals surface area contributed by atoms with Gasteiger partial charge in [-0.15, -0.1) is 0 Å². The minimum Gasteiger partial charge on any atom is -0.497 e. The molecule has 2 aromatic carbocycles. The Bertz CT molecular complexity index is 1110. The van der Waals surface area contributed by atoms with Crippen LogP contribution in [0.15, 0.2) is 48.5 Å². The first-order chi connectivity index (χ1) is 17.7. The lowest BCUT2D eigenvalue weighted by Gasteiger charge is -2.37. The molecule has 0 aliphatic carbocycles. The number of amides is 3. The first-order valence-corrected chi connectivity index (χ1v) is 12.4. The molecule has 198 valence electrons.